The molecule has 28 heavy (non-hydrogen) atoms. The molecule has 0 aliphatic heterocycles. The van der Waals surface area contributed by atoms with E-state index in [9.17, 15) is 5.21 Å². The fourth-order valence-corrected chi connectivity index (χ4v) is 2.96. The van der Waals surface area contributed by atoms with Crippen molar-refractivity contribution < 1.29 is 14.2 Å². The topological polar surface area (TPSA) is 74.1 Å². The molecule has 0 aliphatic rings. The summed E-state index contributed by atoms with van der Waals surface area (Å²) in [5.41, 5.74) is 2.83. The monoisotopic (exact) mass is 375 g/mol. The highest BCUT2D eigenvalue weighted by Crippen LogP contribution is 2.33. The number of aromatic amines is 1. The lowest BCUT2D eigenvalue weighted by atomic mass is 10.1. The van der Waals surface area contributed by atoms with Crippen molar-refractivity contribution in [1.82, 2.24) is 9.97 Å². The smallest absolute Gasteiger partial charge is 0.310 e. The van der Waals surface area contributed by atoms with Crippen molar-refractivity contribution in [1.29, 1.82) is 0 Å². The van der Waals surface area contributed by atoms with Gasteiger partial charge in [0, 0.05) is 0 Å². The lowest BCUT2D eigenvalue weighted by molar-refractivity contribution is -0.579. The first kappa shape index (κ1) is 17.9. The van der Waals surface area contributed by atoms with Gasteiger partial charge in [0.05, 0.1) is 17.9 Å². The van der Waals surface area contributed by atoms with E-state index in [-0.39, 0.29) is 6.10 Å². The zero-order valence-corrected chi connectivity index (χ0v) is 15.8. The van der Waals surface area contributed by atoms with Gasteiger partial charge in [0.2, 0.25) is 5.82 Å². The van der Waals surface area contributed by atoms with Gasteiger partial charge in [-0.1, -0.05) is 30.3 Å². The van der Waals surface area contributed by atoms with Gasteiger partial charge in [-0.2, -0.15) is 0 Å². The summed E-state index contributed by atoms with van der Waals surface area (Å²) >= 11 is 0. The SMILES string of the molecule is CC(C)Oc1ccc(OCc2ccccc2)cc1-c1nc2ccc[n+]([O-])c2[nH]1. The Labute approximate surface area is 163 Å². The molecule has 142 valence electrons. The van der Waals surface area contributed by atoms with Gasteiger partial charge in [-0.3, -0.25) is 0 Å². The molecule has 6 nitrogen and oxygen atoms in total. The molecule has 0 bridgehead atoms. The minimum absolute atomic E-state index is 0.00339. The van der Waals surface area contributed by atoms with Gasteiger partial charge in [-0.15, -0.1) is 0 Å². The van der Waals surface area contributed by atoms with E-state index in [2.05, 4.69) is 9.97 Å². The fraction of sp³-hybridized carbons (Fsp3) is 0.182. The van der Waals surface area contributed by atoms with Crippen molar-refractivity contribution in [2.24, 2.45) is 0 Å². The van der Waals surface area contributed by atoms with Crippen LogP contribution in [0.3, 0.4) is 0 Å². The molecule has 2 heterocycles. The highest BCUT2D eigenvalue weighted by molar-refractivity contribution is 5.76. The first-order valence-corrected chi connectivity index (χ1v) is 9.16. The third-order valence-electron chi connectivity index (χ3n) is 4.22. The van der Waals surface area contributed by atoms with Gasteiger partial charge in [-0.25, -0.2) is 14.7 Å². The Hall–Kier alpha value is -3.54. The predicted octanol–water partition coefficient (Wildman–Crippen LogP) is 4.23. The van der Waals surface area contributed by atoms with Crippen LogP contribution in [0.1, 0.15) is 19.4 Å². The number of imidazole rings is 1. The van der Waals surface area contributed by atoms with E-state index >= 15 is 0 Å². The number of pyridine rings is 1. The van der Waals surface area contributed by atoms with Crippen molar-refractivity contribution >= 4 is 11.2 Å². The minimum Gasteiger partial charge on any atom is -0.711 e. The maximum absolute atomic E-state index is 12.0. The van der Waals surface area contributed by atoms with Crippen molar-refractivity contribution in [3.63, 3.8) is 0 Å². The summed E-state index contributed by atoms with van der Waals surface area (Å²) < 4.78 is 12.7. The zero-order valence-electron chi connectivity index (χ0n) is 15.8. The molecule has 2 aromatic heterocycles. The molecule has 0 saturated carbocycles. The summed E-state index contributed by atoms with van der Waals surface area (Å²) in [6.45, 7) is 4.40. The molecule has 0 atom stereocenters. The second kappa shape index (κ2) is 7.60. The summed E-state index contributed by atoms with van der Waals surface area (Å²) in [6, 6.07) is 19.1. The summed E-state index contributed by atoms with van der Waals surface area (Å²) in [6.07, 6.45) is 1.44. The molecule has 0 unspecified atom stereocenters. The van der Waals surface area contributed by atoms with Crippen LogP contribution in [-0.4, -0.2) is 16.1 Å². The molecule has 0 radical (unpaired) electrons. The van der Waals surface area contributed by atoms with Crippen LogP contribution < -0.4 is 14.2 Å². The molecule has 1 N–H and O–H groups in total. The van der Waals surface area contributed by atoms with Crippen LogP contribution in [0.15, 0.2) is 66.9 Å². The first-order valence-electron chi connectivity index (χ1n) is 9.16. The molecular weight excluding hydrogens is 354 g/mol. The summed E-state index contributed by atoms with van der Waals surface area (Å²) in [5.74, 6) is 1.94. The van der Waals surface area contributed by atoms with Gasteiger partial charge in [-0.05, 0) is 49.7 Å². The van der Waals surface area contributed by atoms with Crippen LogP contribution in [-0.2, 0) is 6.61 Å². The Balaban J connectivity index is 1.70. The molecule has 2 aromatic carbocycles. The second-order valence-corrected chi connectivity index (χ2v) is 6.75. The number of benzene rings is 2. The quantitative estimate of drug-likeness (QED) is 0.404. The number of ether oxygens (including phenoxy) is 2. The Morgan fingerprint density at radius 3 is 2.64 bits per heavy atom. The van der Waals surface area contributed by atoms with Crippen molar-refractivity contribution in [3.05, 3.63) is 77.6 Å². The van der Waals surface area contributed by atoms with Gasteiger partial charge in [0.25, 0.3) is 0 Å². The highest BCUT2D eigenvalue weighted by atomic mass is 16.5. The highest BCUT2D eigenvalue weighted by Gasteiger charge is 2.18. The summed E-state index contributed by atoms with van der Waals surface area (Å²) in [7, 11) is 0. The largest absolute Gasteiger partial charge is 0.711 e. The number of hydrogen-bond donors (Lipinski definition) is 1. The van der Waals surface area contributed by atoms with Gasteiger partial charge in [0.15, 0.2) is 5.52 Å². The molecular formula is C22H21N3O3. The molecule has 0 fully saturated rings. The second-order valence-electron chi connectivity index (χ2n) is 6.75. The van der Waals surface area contributed by atoms with Crippen molar-refractivity contribution in [2.75, 3.05) is 0 Å². The Bertz CT molecular complexity index is 1090. The molecule has 4 aromatic rings. The maximum Gasteiger partial charge on any atom is 0.310 e. The Morgan fingerprint density at radius 2 is 1.89 bits per heavy atom. The molecule has 4 rings (SSSR count). The lowest BCUT2D eigenvalue weighted by Crippen LogP contribution is -2.25. The number of fused-ring (bicyclic) bond motifs is 1. The van der Waals surface area contributed by atoms with E-state index < -0.39 is 0 Å². The number of nitrogens with zero attached hydrogens (tertiary/aromatic N) is 2. The van der Waals surface area contributed by atoms with Crippen LogP contribution in [0.4, 0.5) is 0 Å². The van der Waals surface area contributed by atoms with E-state index in [0.29, 0.717) is 35.1 Å². The van der Waals surface area contributed by atoms with Gasteiger partial charge >= 0.3 is 5.65 Å². The molecule has 0 amide bonds. The maximum atomic E-state index is 12.0. The van der Waals surface area contributed by atoms with Crippen LogP contribution in [0.25, 0.3) is 22.6 Å². The normalized spacial score (nSPS) is 11.1. The molecule has 0 aliphatic carbocycles. The van der Waals surface area contributed by atoms with E-state index in [4.69, 9.17) is 9.47 Å². The molecule has 0 saturated heterocycles. The van der Waals surface area contributed by atoms with Gasteiger partial charge < -0.3 is 14.7 Å². The van der Waals surface area contributed by atoms with E-state index in [1.54, 1.807) is 12.1 Å². The third kappa shape index (κ3) is 3.76. The van der Waals surface area contributed by atoms with Crippen molar-refractivity contribution in [3.8, 4) is 22.9 Å². The number of hydrogen-bond acceptors (Lipinski definition) is 4. The van der Waals surface area contributed by atoms with Crippen LogP contribution in [0.2, 0.25) is 0 Å². The average Bonchev–Trinajstić information content (AvgIpc) is 3.13. The summed E-state index contributed by atoms with van der Waals surface area (Å²) in [5, 5.41) is 12.0. The number of aromatic nitrogens is 3. The van der Waals surface area contributed by atoms with E-state index in [1.807, 2.05) is 62.4 Å². The minimum atomic E-state index is 0.00339. The number of rotatable bonds is 6. The van der Waals surface area contributed by atoms with Crippen LogP contribution in [0.5, 0.6) is 11.5 Å². The lowest BCUT2D eigenvalue weighted by Gasteiger charge is -2.14. The average molecular weight is 375 g/mol. The van der Waals surface area contributed by atoms with Crippen molar-refractivity contribution in [2.45, 2.75) is 26.6 Å². The molecule has 6 heteroatoms. The standard InChI is InChI=1S/C22H21N3O3/c1-15(2)28-20-11-10-17(27-14-16-7-4-3-5-8-16)13-18(20)21-23-19-9-6-12-25(26)22(19)24-21/h3-13,15H,14H2,1-2H3,(H,23,24). The molecule has 0 spiro atoms. The summed E-state index contributed by atoms with van der Waals surface area (Å²) in [4.78, 5) is 7.66. The fourth-order valence-electron chi connectivity index (χ4n) is 2.96. The van der Waals surface area contributed by atoms with E-state index in [1.165, 1.54) is 6.20 Å². The predicted molar refractivity (Wildman–Crippen MR) is 107 cm³/mol. The van der Waals surface area contributed by atoms with E-state index in [0.717, 1.165) is 15.9 Å². The first-order chi connectivity index (χ1) is 13.6. The zero-order chi connectivity index (χ0) is 19.5. The van der Waals surface area contributed by atoms with Crippen LogP contribution >= 0.6 is 0 Å². The third-order valence-corrected chi connectivity index (χ3v) is 4.22. The Morgan fingerprint density at radius 1 is 1.07 bits per heavy atom. The number of H-pyrrole nitrogens is 1. The number of nitrogens with one attached hydrogen (secondary N) is 1. The van der Waals surface area contributed by atoms with Crippen LogP contribution in [0, 0.1) is 5.21 Å². The van der Waals surface area contributed by atoms with Gasteiger partial charge in [0.1, 0.15) is 18.1 Å². The Kier molecular flexibility index (Phi) is 4.85.